The molecule has 240 valence electrons. The van der Waals surface area contributed by atoms with Gasteiger partial charge < -0.3 is 0 Å². The number of hydrogen-bond acceptors (Lipinski definition) is 0. The maximum Gasteiger partial charge on any atom is -0.109 e. The molecule has 0 saturated heterocycles. The fourth-order valence-corrected chi connectivity index (χ4v) is 6.47. The summed E-state index contributed by atoms with van der Waals surface area (Å²) in [6, 6.07) is 31.1. The minimum atomic E-state index is 0. The van der Waals surface area contributed by atoms with Crippen LogP contribution in [0.4, 0.5) is 0 Å². The zero-order valence-corrected chi connectivity index (χ0v) is 33.2. The zero-order chi connectivity index (χ0) is 31.9. The number of halogens is 4. The van der Waals surface area contributed by atoms with E-state index in [1.54, 1.807) is 0 Å². The molecular formula is C41H44Cl4Zr. The molecule has 4 aromatic carbocycles. The number of fused-ring (bicyclic) bond motifs is 3. The van der Waals surface area contributed by atoms with Gasteiger partial charge in [-0.15, -0.1) is 36.8 Å². The normalized spacial score (nSPS) is 12.4. The van der Waals surface area contributed by atoms with Crippen LogP contribution >= 0.6 is 48.0 Å². The molecule has 46 heavy (non-hydrogen) atoms. The minimum Gasteiger partial charge on any atom is -0.273 e. The predicted molar refractivity (Wildman–Crippen MR) is 202 cm³/mol. The standard InChI is InChI=1S/C21H25.C15H12Cl2.C5H5.2ClH.Zr/c1-20(2,3)16-9-7-14-11-15-8-10-17(21(4,5)6)13-19(15)18(14)12-16;16-14-10-3-1-6-12(14)8-5-9-13-7-2-4-11-15(13)17;1-2-4-5-3-1;;;/h7,9-10,12-13H,11H2,1-6H3;1-4,6-7,10-11H,8-9H2;1-3H,4H2;2*1H;/q-1;;-1;;;+2. The SMILES string of the molecule is CC(C)(C)c1c[c-]c2c(c1)-c1cc(C(C)(C)C)ccc1C2.Cl.Cl.Clc1ccccc1C[C](=[Zr+2])Cc1ccccc1Cl.[C-]1=CC=CC1. The zero-order valence-electron chi connectivity index (χ0n) is 27.6. The summed E-state index contributed by atoms with van der Waals surface area (Å²) in [6.45, 7) is 13.6. The summed E-state index contributed by atoms with van der Waals surface area (Å²) in [4.78, 5) is 0. The van der Waals surface area contributed by atoms with Crippen LogP contribution in [-0.4, -0.2) is 3.21 Å². The van der Waals surface area contributed by atoms with Gasteiger partial charge in [-0.2, -0.15) is 35.4 Å². The first kappa shape index (κ1) is 40.4. The van der Waals surface area contributed by atoms with Gasteiger partial charge in [0.1, 0.15) is 0 Å². The molecule has 0 fully saturated rings. The first-order valence-electron chi connectivity index (χ1n) is 15.3. The first-order valence-corrected chi connectivity index (χ1v) is 17.2. The van der Waals surface area contributed by atoms with Gasteiger partial charge in [0.25, 0.3) is 0 Å². The Balaban J connectivity index is 0.000000270. The van der Waals surface area contributed by atoms with Gasteiger partial charge in [0.15, 0.2) is 0 Å². The molecule has 0 N–H and O–H groups in total. The van der Waals surface area contributed by atoms with Gasteiger partial charge in [0.05, 0.1) is 0 Å². The molecule has 0 aliphatic heterocycles. The molecule has 5 heteroatoms. The largest absolute Gasteiger partial charge is 0.273 e. The van der Waals surface area contributed by atoms with Crippen molar-refractivity contribution in [3.8, 4) is 11.1 Å². The van der Waals surface area contributed by atoms with Crippen LogP contribution in [0.5, 0.6) is 0 Å². The second-order valence-electron chi connectivity index (χ2n) is 13.5. The van der Waals surface area contributed by atoms with Crippen LogP contribution in [0.1, 0.15) is 81.3 Å². The van der Waals surface area contributed by atoms with E-state index in [1.165, 1.54) is 71.9 Å². The van der Waals surface area contributed by atoms with Gasteiger partial charge in [0, 0.05) is 0 Å². The summed E-state index contributed by atoms with van der Waals surface area (Å²) < 4.78 is 1.45. The smallest absolute Gasteiger partial charge is 0.109 e. The summed E-state index contributed by atoms with van der Waals surface area (Å²) in [5.41, 5.74) is 11.1. The van der Waals surface area contributed by atoms with E-state index < -0.39 is 0 Å². The number of hydrogen-bond donors (Lipinski definition) is 0. The van der Waals surface area contributed by atoms with Crippen molar-refractivity contribution in [3.05, 3.63) is 153 Å². The van der Waals surface area contributed by atoms with E-state index in [2.05, 4.69) is 102 Å². The molecule has 0 bridgehead atoms. The van der Waals surface area contributed by atoms with Crippen molar-refractivity contribution >= 4 is 51.2 Å². The molecule has 6 rings (SSSR count). The average Bonchev–Trinajstić information content (AvgIpc) is 3.66. The maximum absolute atomic E-state index is 6.17. The number of benzene rings is 4. The molecule has 0 aromatic heterocycles. The molecule has 2 aliphatic rings. The Morgan fingerprint density at radius 1 is 0.739 bits per heavy atom. The van der Waals surface area contributed by atoms with Crippen LogP contribution in [0, 0.1) is 12.1 Å². The van der Waals surface area contributed by atoms with E-state index in [1.807, 2.05) is 48.6 Å². The van der Waals surface area contributed by atoms with Crippen LogP contribution in [0.3, 0.4) is 0 Å². The maximum atomic E-state index is 6.17. The van der Waals surface area contributed by atoms with Gasteiger partial charge in [-0.3, -0.25) is 6.08 Å². The molecule has 0 heterocycles. The van der Waals surface area contributed by atoms with Gasteiger partial charge in [-0.25, -0.2) is 12.2 Å². The molecule has 0 saturated carbocycles. The summed E-state index contributed by atoms with van der Waals surface area (Å²) in [5, 5.41) is 1.69. The van der Waals surface area contributed by atoms with E-state index in [0.29, 0.717) is 0 Å². The average molecular weight is 770 g/mol. The second-order valence-corrected chi connectivity index (χ2v) is 16.0. The van der Waals surface area contributed by atoms with E-state index in [0.717, 1.165) is 35.7 Å². The van der Waals surface area contributed by atoms with Crippen molar-refractivity contribution in [1.29, 1.82) is 0 Å². The summed E-state index contributed by atoms with van der Waals surface area (Å²) in [5.74, 6) is 0. The van der Waals surface area contributed by atoms with Crippen molar-refractivity contribution in [3.63, 3.8) is 0 Å². The Morgan fingerprint density at radius 3 is 1.74 bits per heavy atom. The molecule has 0 amide bonds. The van der Waals surface area contributed by atoms with Crippen molar-refractivity contribution in [2.24, 2.45) is 0 Å². The summed E-state index contributed by atoms with van der Waals surface area (Å²) in [7, 11) is 0. The molecule has 0 nitrogen and oxygen atoms in total. The third-order valence-electron chi connectivity index (χ3n) is 7.84. The Labute approximate surface area is 314 Å². The van der Waals surface area contributed by atoms with Gasteiger partial charge in [-0.1, -0.05) is 76.3 Å². The Bertz CT molecular complexity index is 1550. The predicted octanol–water partition coefficient (Wildman–Crippen LogP) is 12.3. The third kappa shape index (κ3) is 11.5. The van der Waals surface area contributed by atoms with Crippen LogP contribution in [0.15, 0.2) is 97.1 Å². The summed E-state index contributed by atoms with van der Waals surface area (Å²) >= 11 is 13.8. The second kappa shape index (κ2) is 18.2. The van der Waals surface area contributed by atoms with E-state index >= 15 is 0 Å². The van der Waals surface area contributed by atoms with Gasteiger partial charge in [-0.05, 0) is 17.4 Å². The molecule has 0 radical (unpaired) electrons. The van der Waals surface area contributed by atoms with Crippen LogP contribution in [0.2, 0.25) is 10.0 Å². The molecule has 4 aromatic rings. The number of allylic oxidation sites excluding steroid dienone is 4. The van der Waals surface area contributed by atoms with Crippen molar-refractivity contribution in [2.75, 3.05) is 0 Å². The van der Waals surface area contributed by atoms with Gasteiger partial charge in [0.2, 0.25) is 0 Å². The van der Waals surface area contributed by atoms with Crippen molar-refractivity contribution < 1.29 is 24.2 Å². The van der Waals surface area contributed by atoms with Crippen LogP contribution in [-0.2, 0) is 54.3 Å². The summed E-state index contributed by atoms with van der Waals surface area (Å²) in [6.07, 6.45) is 12.9. The molecule has 0 atom stereocenters. The van der Waals surface area contributed by atoms with Crippen LogP contribution < -0.4 is 0 Å². The van der Waals surface area contributed by atoms with E-state index in [4.69, 9.17) is 23.2 Å². The topological polar surface area (TPSA) is 0 Å². The van der Waals surface area contributed by atoms with E-state index in [9.17, 15) is 0 Å². The Hall–Kier alpha value is -1.73. The van der Waals surface area contributed by atoms with Gasteiger partial charge >= 0.3 is 133 Å². The minimum absolute atomic E-state index is 0. The molecule has 2 aliphatic carbocycles. The van der Waals surface area contributed by atoms with Crippen LogP contribution in [0.25, 0.3) is 11.1 Å². The fourth-order valence-electron chi connectivity index (χ4n) is 5.13. The molecule has 0 unspecified atom stereocenters. The third-order valence-corrected chi connectivity index (χ3v) is 9.44. The Kier molecular flexibility index (Phi) is 16.0. The van der Waals surface area contributed by atoms with Crippen molar-refractivity contribution in [2.45, 2.75) is 78.1 Å². The number of rotatable bonds is 4. The van der Waals surface area contributed by atoms with Crippen molar-refractivity contribution in [1.82, 2.24) is 0 Å². The fraction of sp³-hybridized carbons (Fsp3) is 0.293. The Morgan fingerprint density at radius 2 is 1.28 bits per heavy atom. The van der Waals surface area contributed by atoms with E-state index in [-0.39, 0.29) is 35.6 Å². The monoisotopic (exact) mass is 766 g/mol. The first-order chi connectivity index (χ1) is 20.8. The quantitative estimate of drug-likeness (QED) is 0.160. The molecule has 0 spiro atoms. The molecular weight excluding hydrogens is 725 g/mol.